The second kappa shape index (κ2) is 5.75. The molecule has 2 rings (SSSR count). The van der Waals surface area contributed by atoms with Crippen molar-refractivity contribution in [3.63, 3.8) is 0 Å². The molecule has 5 nitrogen and oxygen atoms in total. The zero-order valence-electron chi connectivity index (χ0n) is 10.5. The summed E-state index contributed by atoms with van der Waals surface area (Å²) < 4.78 is 27.3. The molecule has 0 saturated heterocycles. The number of aromatic nitrogens is 1. The molecule has 0 aromatic carbocycles. The van der Waals surface area contributed by atoms with Gasteiger partial charge in [-0.25, -0.2) is 13.1 Å². The Labute approximate surface area is 118 Å². The number of aliphatic hydroxyl groups is 1. The third kappa shape index (κ3) is 3.25. The third-order valence-corrected chi connectivity index (χ3v) is 5.54. The molecular formula is C12H17ClN2O3S. The topological polar surface area (TPSA) is 79.3 Å². The van der Waals surface area contributed by atoms with E-state index >= 15 is 0 Å². The molecule has 0 aliphatic heterocycles. The summed E-state index contributed by atoms with van der Waals surface area (Å²) >= 11 is 5.89. The molecule has 1 aromatic heterocycles. The van der Waals surface area contributed by atoms with E-state index in [9.17, 15) is 13.5 Å². The van der Waals surface area contributed by atoms with Crippen LogP contribution in [0.3, 0.4) is 0 Å². The summed E-state index contributed by atoms with van der Waals surface area (Å²) in [5.41, 5.74) is -0.768. The lowest BCUT2D eigenvalue weighted by Crippen LogP contribution is -2.52. The number of nitrogens with zero attached hydrogens (tertiary/aromatic N) is 1. The number of aliphatic hydroxyl groups excluding tert-OH is 1. The summed E-state index contributed by atoms with van der Waals surface area (Å²) in [5.74, 6) is 0. The van der Waals surface area contributed by atoms with Crippen molar-refractivity contribution in [3.05, 3.63) is 23.5 Å². The number of pyridine rings is 1. The third-order valence-electron chi connectivity index (χ3n) is 3.49. The van der Waals surface area contributed by atoms with Gasteiger partial charge in [0.15, 0.2) is 0 Å². The average molecular weight is 305 g/mol. The molecule has 19 heavy (non-hydrogen) atoms. The van der Waals surface area contributed by atoms with Crippen LogP contribution in [0.2, 0.25) is 5.02 Å². The zero-order chi connectivity index (χ0) is 13.9. The molecule has 7 heteroatoms. The van der Waals surface area contributed by atoms with Crippen LogP contribution in [-0.2, 0) is 10.0 Å². The van der Waals surface area contributed by atoms with Crippen LogP contribution in [-0.4, -0.2) is 30.7 Å². The molecule has 1 aliphatic carbocycles. The van der Waals surface area contributed by atoms with E-state index in [2.05, 4.69) is 9.71 Å². The van der Waals surface area contributed by atoms with Crippen molar-refractivity contribution in [1.29, 1.82) is 0 Å². The molecule has 0 amide bonds. The highest BCUT2D eigenvalue weighted by atomic mass is 35.5. The van der Waals surface area contributed by atoms with Gasteiger partial charge in [-0.05, 0) is 18.9 Å². The molecule has 1 heterocycles. The zero-order valence-corrected chi connectivity index (χ0v) is 12.0. The van der Waals surface area contributed by atoms with E-state index in [-0.39, 0.29) is 16.5 Å². The first-order valence-corrected chi connectivity index (χ1v) is 8.10. The average Bonchev–Trinajstić information content (AvgIpc) is 2.39. The maximum atomic E-state index is 12.3. The maximum absolute atomic E-state index is 12.3. The van der Waals surface area contributed by atoms with Gasteiger partial charge in [-0.2, -0.15) is 0 Å². The SMILES string of the molecule is O=S(=O)(NC1(CO)CCCCC1)c1cnccc1Cl. The van der Waals surface area contributed by atoms with Crippen LogP contribution in [0.1, 0.15) is 32.1 Å². The number of sulfonamides is 1. The molecule has 0 unspecified atom stereocenters. The highest BCUT2D eigenvalue weighted by Gasteiger charge is 2.36. The van der Waals surface area contributed by atoms with Gasteiger partial charge < -0.3 is 5.11 Å². The maximum Gasteiger partial charge on any atom is 0.244 e. The van der Waals surface area contributed by atoms with E-state index in [1.54, 1.807) is 0 Å². The molecule has 0 bridgehead atoms. The second-order valence-electron chi connectivity index (χ2n) is 4.91. The van der Waals surface area contributed by atoms with Crippen LogP contribution < -0.4 is 4.72 Å². The predicted molar refractivity (Wildman–Crippen MR) is 72.5 cm³/mol. The Kier molecular flexibility index (Phi) is 4.45. The molecule has 1 aromatic rings. The molecule has 0 radical (unpaired) electrons. The molecule has 1 fully saturated rings. The standard InChI is InChI=1S/C12H17ClN2O3S/c13-10-4-7-14-8-11(10)19(17,18)15-12(9-16)5-2-1-3-6-12/h4,7-8,15-16H,1-3,5-6,9H2. The van der Waals surface area contributed by atoms with E-state index in [1.165, 1.54) is 18.5 Å². The minimum Gasteiger partial charge on any atom is -0.394 e. The molecular weight excluding hydrogens is 288 g/mol. The van der Waals surface area contributed by atoms with Gasteiger partial charge in [-0.1, -0.05) is 30.9 Å². The van der Waals surface area contributed by atoms with E-state index in [0.29, 0.717) is 12.8 Å². The summed E-state index contributed by atoms with van der Waals surface area (Å²) in [5, 5.41) is 9.68. The minimum absolute atomic E-state index is 0.0462. The smallest absolute Gasteiger partial charge is 0.244 e. The van der Waals surface area contributed by atoms with Crippen LogP contribution in [0.4, 0.5) is 0 Å². The van der Waals surface area contributed by atoms with Crippen molar-refractivity contribution < 1.29 is 13.5 Å². The van der Waals surface area contributed by atoms with Crippen LogP contribution in [0, 0.1) is 0 Å². The molecule has 1 aliphatic rings. The van der Waals surface area contributed by atoms with Crippen molar-refractivity contribution >= 4 is 21.6 Å². The number of hydrogen-bond donors (Lipinski definition) is 2. The first-order valence-electron chi connectivity index (χ1n) is 6.23. The van der Waals surface area contributed by atoms with Gasteiger partial charge >= 0.3 is 0 Å². The fourth-order valence-electron chi connectivity index (χ4n) is 2.42. The Balaban J connectivity index is 2.28. The molecule has 106 valence electrons. The Bertz CT molecular complexity index is 542. The summed E-state index contributed by atoms with van der Waals surface area (Å²) in [6, 6.07) is 1.43. The fourth-order valence-corrected chi connectivity index (χ4v) is 4.30. The van der Waals surface area contributed by atoms with E-state index in [4.69, 9.17) is 11.6 Å². The quantitative estimate of drug-likeness (QED) is 0.887. The second-order valence-corrected chi connectivity index (χ2v) is 6.97. The Hall–Kier alpha value is -0.690. The number of rotatable bonds is 4. The summed E-state index contributed by atoms with van der Waals surface area (Å²) in [6.07, 6.45) is 6.81. The first-order chi connectivity index (χ1) is 8.99. The van der Waals surface area contributed by atoms with Crippen LogP contribution in [0.15, 0.2) is 23.4 Å². The van der Waals surface area contributed by atoms with Gasteiger partial charge in [0.25, 0.3) is 0 Å². The van der Waals surface area contributed by atoms with Crippen molar-refractivity contribution in [1.82, 2.24) is 9.71 Å². The Morgan fingerprint density at radius 3 is 2.63 bits per heavy atom. The number of halogens is 1. The number of hydrogen-bond acceptors (Lipinski definition) is 4. The highest BCUT2D eigenvalue weighted by Crippen LogP contribution is 2.30. The van der Waals surface area contributed by atoms with Gasteiger partial charge in [-0.15, -0.1) is 0 Å². The fraction of sp³-hybridized carbons (Fsp3) is 0.583. The van der Waals surface area contributed by atoms with Crippen molar-refractivity contribution in [2.24, 2.45) is 0 Å². The molecule has 1 saturated carbocycles. The molecule has 0 spiro atoms. The van der Waals surface area contributed by atoms with Crippen molar-refractivity contribution in [2.45, 2.75) is 42.5 Å². The van der Waals surface area contributed by atoms with Crippen LogP contribution >= 0.6 is 11.6 Å². The highest BCUT2D eigenvalue weighted by molar-refractivity contribution is 7.89. The Morgan fingerprint density at radius 2 is 2.05 bits per heavy atom. The number of nitrogens with one attached hydrogen (secondary N) is 1. The van der Waals surface area contributed by atoms with E-state index in [0.717, 1.165) is 19.3 Å². The lowest BCUT2D eigenvalue weighted by Gasteiger charge is -2.36. The van der Waals surface area contributed by atoms with E-state index in [1.807, 2.05) is 0 Å². The van der Waals surface area contributed by atoms with Gasteiger partial charge in [-0.3, -0.25) is 4.98 Å². The first kappa shape index (κ1) is 14.7. The van der Waals surface area contributed by atoms with E-state index < -0.39 is 15.6 Å². The van der Waals surface area contributed by atoms with Crippen molar-refractivity contribution in [3.8, 4) is 0 Å². The molecule has 2 N–H and O–H groups in total. The summed E-state index contributed by atoms with van der Waals surface area (Å²) in [7, 11) is -3.77. The minimum atomic E-state index is -3.77. The van der Waals surface area contributed by atoms with Gasteiger partial charge in [0, 0.05) is 12.4 Å². The van der Waals surface area contributed by atoms with Gasteiger partial charge in [0.1, 0.15) is 4.90 Å². The summed E-state index contributed by atoms with van der Waals surface area (Å²) in [6.45, 7) is -0.204. The largest absolute Gasteiger partial charge is 0.394 e. The van der Waals surface area contributed by atoms with Crippen LogP contribution in [0.25, 0.3) is 0 Å². The Morgan fingerprint density at radius 1 is 1.37 bits per heavy atom. The predicted octanol–water partition coefficient (Wildman–Crippen LogP) is 1.71. The van der Waals surface area contributed by atoms with Crippen LogP contribution in [0.5, 0.6) is 0 Å². The lowest BCUT2D eigenvalue weighted by atomic mass is 9.83. The van der Waals surface area contributed by atoms with Gasteiger partial charge in [0.05, 0.1) is 17.2 Å². The summed E-state index contributed by atoms with van der Waals surface area (Å²) in [4.78, 5) is 3.74. The monoisotopic (exact) mass is 304 g/mol. The molecule has 0 atom stereocenters. The van der Waals surface area contributed by atoms with Crippen molar-refractivity contribution in [2.75, 3.05) is 6.61 Å². The normalized spacial score (nSPS) is 19.3. The lowest BCUT2D eigenvalue weighted by molar-refractivity contribution is 0.142. The van der Waals surface area contributed by atoms with Gasteiger partial charge in [0.2, 0.25) is 10.0 Å².